The predicted octanol–water partition coefficient (Wildman–Crippen LogP) is 2.88. The highest BCUT2D eigenvalue weighted by Crippen LogP contribution is 2.32. The quantitative estimate of drug-likeness (QED) is 0.849. The lowest BCUT2D eigenvalue weighted by Crippen LogP contribution is -2.17. The summed E-state index contributed by atoms with van der Waals surface area (Å²) < 4.78 is 5.47. The van der Waals surface area contributed by atoms with Crippen LogP contribution in [0.5, 0.6) is 5.75 Å². The number of hydrogen-bond acceptors (Lipinski definition) is 3. The molecule has 1 aromatic carbocycles. The van der Waals surface area contributed by atoms with Gasteiger partial charge in [-0.1, -0.05) is 17.7 Å². The van der Waals surface area contributed by atoms with Crippen LogP contribution in [0.1, 0.15) is 35.6 Å². The van der Waals surface area contributed by atoms with E-state index < -0.39 is 0 Å². The highest BCUT2D eigenvalue weighted by Gasteiger charge is 2.16. The first kappa shape index (κ1) is 13.5. The molecule has 0 radical (unpaired) electrons. The summed E-state index contributed by atoms with van der Waals surface area (Å²) in [5.74, 6) is 0.924. The number of methoxy groups -OCH3 is 1. The maximum atomic E-state index is 8.68. The van der Waals surface area contributed by atoms with Gasteiger partial charge in [-0.05, 0) is 32.9 Å². The van der Waals surface area contributed by atoms with Crippen LogP contribution in [0.3, 0.4) is 0 Å². The van der Waals surface area contributed by atoms with Crippen LogP contribution < -0.4 is 10.1 Å². The SMILES string of the molecule is CNC(CCC#N)c1cc(C)cc(C)c1OC. The molecule has 1 rings (SSSR count). The molecule has 3 heteroatoms. The standard InChI is InChI=1S/C14H20N2O/c1-10-8-11(2)14(17-4)12(9-10)13(16-3)6-5-7-15/h8-9,13,16H,5-6H2,1-4H3. The Morgan fingerprint density at radius 1 is 1.41 bits per heavy atom. The third-order valence-corrected chi connectivity index (χ3v) is 2.92. The van der Waals surface area contributed by atoms with Crippen LogP contribution in [-0.4, -0.2) is 14.2 Å². The van der Waals surface area contributed by atoms with E-state index in [2.05, 4.69) is 30.4 Å². The average molecular weight is 232 g/mol. The number of rotatable bonds is 5. The molecule has 17 heavy (non-hydrogen) atoms. The molecule has 0 bridgehead atoms. The lowest BCUT2D eigenvalue weighted by molar-refractivity contribution is 0.396. The van der Waals surface area contributed by atoms with Gasteiger partial charge in [0.2, 0.25) is 0 Å². The minimum Gasteiger partial charge on any atom is -0.496 e. The van der Waals surface area contributed by atoms with Crippen molar-refractivity contribution in [1.29, 1.82) is 5.26 Å². The predicted molar refractivity (Wildman–Crippen MR) is 69.1 cm³/mol. The molecular formula is C14H20N2O. The Bertz CT molecular complexity index is 421. The van der Waals surface area contributed by atoms with Crippen LogP contribution in [0.4, 0.5) is 0 Å². The Kier molecular flexibility index (Phi) is 4.99. The molecule has 0 aliphatic rings. The normalized spacial score (nSPS) is 11.9. The molecule has 0 spiro atoms. The number of ether oxygens (including phenoxy) is 1. The summed E-state index contributed by atoms with van der Waals surface area (Å²) in [5.41, 5.74) is 3.50. The third kappa shape index (κ3) is 3.21. The van der Waals surface area contributed by atoms with Crippen LogP contribution >= 0.6 is 0 Å². The maximum Gasteiger partial charge on any atom is 0.126 e. The van der Waals surface area contributed by atoms with Crippen molar-refractivity contribution >= 4 is 0 Å². The molecule has 0 aliphatic carbocycles. The second-order valence-corrected chi connectivity index (χ2v) is 4.24. The molecule has 0 saturated heterocycles. The molecule has 0 saturated carbocycles. The van der Waals surface area contributed by atoms with Gasteiger partial charge in [0.1, 0.15) is 5.75 Å². The van der Waals surface area contributed by atoms with Gasteiger partial charge in [-0.25, -0.2) is 0 Å². The van der Waals surface area contributed by atoms with Gasteiger partial charge in [0.15, 0.2) is 0 Å². The van der Waals surface area contributed by atoms with E-state index in [4.69, 9.17) is 10.00 Å². The molecular weight excluding hydrogens is 212 g/mol. The topological polar surface area (TPSA) is 45.0 Å². The molecule has 0 amide bonds. The molecule has 1 atom stereocenters. The third-order valence-electron chi connectivity index (χ3n) is 2.92. The summed E-state index contributed by atoms with van der Waals surface area (Å²) in [5, 5.41) is 11.9. The smallest absolute Gasteiger partial charge is 0.126 e. The van der Waals surface area contributed by atoms with E-state index in [1.165, 1.54) is 5.56 Å². The lowest BCUT2D eigenvalue weighted by Gasteiger charge is -2.20. The molecule has 1 aromatic rings. The fraction of sp³-hybridized carbons (Fsp3) is 0.500. The zero-order chi connectivity index (χ0) is 12.8. The number of nitrogens with zero attached hydrogens (tertiary/aromatic N) is 1. The van der Waals surface area contributed by atoms with Crippen LogP contribution in [0.2, 0.25) is 0 Å². The molecule has 1 unspecified atom stereocenters. The number of hydrogen-bond donors (Lipinski definition) is 1. The summed E-state index contributed by atoms with van der Waals surface area (Å²) in [6.07, 6.45) is 1.34. The van der Waals surface area contributed by atoms with Crippen molar-refractivity contribution in [3.05, 3.63) is 28.8 Å². The Morgan fingerprint density at radius 3 is 2.65 bits per heavy atom. The van der Waals surface area contributed by atoms with E-state index in [0.29, 0.717) is 6.42 Å². The largest absolute Gasteiger partial charge is 0.496 e. The molecule has 0 aliphatic heterocycles. The Morgan fingerprint density at radius 2 is 2.12 bits per heavy atom. The number of nitriles is 1. The first-order valence-corrected chi connectivity index (χ1v) is 5.83. The van der Waals surface area contributed by atoms with Gasteiger partial charge in [0.25, 0.3) is 0 Å². The second-order valence-electron chi connectivity index (χ2n) is 4.24. The fourth-order valence-corrected chi connectivity index (χ4v) is 2.19. The van der Waals surface area contributed by atoms with Gasteiger partial charge in [-0.15, -0.1) is 0 Å². The van der Waals surface area contributed by atoms with Crippen LogP contribution in [0.15, 0.2) is 12.1 Å². The zero-order valence-electron chi connectivity index (χ0n) is 11.0. The van der Waals surface area contributed by atoms with Gasteiger partial charge in [0.05, 0.1) is 13.2 Å². The van der Waals surface area contributed by atoms with Crippen LogP contribution in [0, 0.1) is 25.2 Å². The van der Waals surface area contributed by atoms with Gasteiger partial charge < -0.3 is 10.1 Å². The second kappa shape index (κ2) is 6.27. The van der Waals surface area contributed by atoms with Crippen molar-refractivity contribution in [1.82, 2.24) is 5.32 Å². The van der Waals surface area contributed by atoms with Crippen molar-refractivity contribution < 1.29 is 4.74 Å². The molecule has 3 nitrogen and oxygen atoms in total. The van der Waals surface area contributed by atoms with Crippen molar-refractivity contribution in [2.45, 2.75) is 32.7 Å². The minimum absolute atomic E-state index is 0.170. The number of nitrogens with one attached hydrogen (secondary N) is 1. The monoisotopic (exact) mass is 232 g/mol. The maximum absolute atomic E-state index is 8.68. The number of benzene rings is 1. The molecule has 0 fully saturated rings. The minimum atomic E-state index is 0.170. The Hall–Kier alpha value is -1.53. The van der Waals surface area contributed by atoms with Crippen molar-refractivity contribution in [2.24, 2.45) is 0 Å². The first-order chi connectivity index (χ1) is 8.13. The van der Waals surface area contributed by atoms with Gasteiger partial charge >= 0.3 is 0 Å². The summed E-state index contributed by atoms with van der Waals surface area (Å²) in [4.78, 5) is 0. The van der Waals surface area contributed by atoms with Crippen molar-refractivity contribution in [3.8, 4) is 11.8 Å². The first-order valence-electron chi connectivity index (χ1n) is 5.83. The van der Waals surface area contributed by atoms with Gasteiger partial charge in [-0.2, -0.15) is 5.26 Å². The van der Waals surface area contributed by atoms with Gasteiger partial charge in [-0.3, -0.25) is 0 Å². The highest BCUT2D eigenvalue weighted by atomic mass is 16.5. The van der Waals surface area contributed by atoms with Crippen LogP contribution in [-0.2, 0) is 0 Å². The highest BCUT2D eigenvalue weighted by molar-refractivity contribution is 5.45. The zero-order valence-corrected chi connectivity index (χ0v) is 11.0. The van der Waals surface area contributed by atoms with E-state index in [1.807, 2.05) is 14.0 Å². The fourth-order valence-electron chi connectivity index (χ4n) is 2.19. The van der Waals surface area contributed by atoms with Crippen LogP contribution in [0.25, 0.3) is 0 Å². The van der Waals surface area contributed by atoms with E-state index in [9.17, 15) is 0 Å². The van der Waals surface area contributed by atoms with Crippen molar-refractivity contribution in [2.75, 3.05) is 14.2 Å². The molecule has 1 N–H and O–H groups in total. The van der Waals surface area contributed by atoms with Crippen molar-refractivity contribution in [3.63, 3.8) is 0 Å². The van der Waals surface area contributed by atoms with E-state index in [-0.39, 0.29) is 6.04 Å². The summed E-state index contributed by atoms with van der Waals surface area (Å²) in [7, 11) is 3.61. The van der Waals surface area contributed by atoms with E-state index >= 15 is 0 Å². The molecule has 0 heterocycles. The lowest BCUT2D eigenvalue weighted by atomic mass is 9.97. The number of aryl methyl sites for hydroxylation is 2. The van der Waals surface area contributed by atoms with E-state index in [0.717, 1.165) is 23.3 Å². The molecule has 0 aromatic heterocycles. The summed E-state index contributed by atoms with van der Waals surface area (Å²) in [6, 6.07) is 6.60. The van der Waals surface area contributed by atoms with Gasteiger partial charge in [0, 0.05) is 18.0 Å². The summed E-state index contributed by atoms with van der Waals surface area (Å²) in [6.45, 7) is 4.12. The summed E-state index contributed by atoms with van der Waals surface area (Å²) >= 11 is 0. The Labute approximate surface area is 103 Å². The molecule has 92 valence electrons. The Balaban J connectivity index is 3.13. The average Bonchev–Trinajstić information content (AvgIpc) is 2.29. The van der Waals surface area contributed by atoms with E-state index in [1.54, 1.807) is 7.11 Å².